The molecule has 2 aromatic rings. The molecule has 0 atom stereocenters. The third-order valence-electron chi connectivity index (χ3n) is 2.92. The number of rotatable bonds is 5. The Morgan fingerprint density at radius 1 is 1.22 bits per heavy atom. The van der Waals surface area contributed by atoms with E-state index in [1.165, 1.54) is 42.6 Å². The van der Waals surface area contributed by atoms with Crippen molar-refractivity contribution in [2.45, 2.75) is 6.42 Å². The summed E-state index contributed by atoms with van der Waals surface area (Å²) in [7, 11) is 0. The van der Waals surface area contributed by atoms with Crippen LogP contribution in [-0.2, 0) is 11.2 Å². The predicted octanol–water partition coefficient (Wildman–Crippen LogP) is 1.70. The molecule has 0 saturated carbocycles. The molecule has 1 amide bonds. The number of nitro benzene ring substituents is 1. The lowest BCUT2D eigenvalue weighted by Gasteiger charge is -2.01. The fourth-order valence-corrected chi connectivity index (χ4v) is 1.78. The molecule has 0 aliphatic carbocycles. The number of nitrogens with zero attached hydrogens (tertiary/aromatic N) is 2. The van der Waals surface area contributed by atoms with Crippen molar-refractivity contribution < 1.29 is 19.9 Å². The van der Waals surface area contributed by atoms with Gasteiger partial charge in [-0.05, 0) is 17.7 Å². The molecule has 0 saturated heterocycles. The standard InChI is InChI=1S/C15H13N3O5/c19-13-6-3-11(14(20)8-13)9-16-17-15(21)7-10-1-4-12(5-2-10)18(22)23/h1-6,8-9,19-20H,7H2,(H,17,21)/b16-9-. The molecule has 0 spiro atoms. The lowest BCUT2D eigenvalue weighted by Crippen LogP contribution is -2.19. The number of aromatic hydroxyl groups is 2. The van der Waals surface area contributed by atoms with Crippen molar-refractivity contribution in [2.24, 2.45) is 5.10 Å². The first-order valence-electron chi connectivity index (χ1n) is 6.53. The number of phenols is 2. The van der Waals surface area contributed by atoms with Crippen molar-refractivity contribution in [1.29, 1.82) is 0 Å². The maximum absolute atomic E-state index is 11.7. The van der Waals surface area contributed by atoms with Crippen LogP contribution in [0, 0.1) is 10.1 Å². The van der Waals surface area contributed by atoms with Gasteiger partial charge < -0.3 is 10.2 Å². The second-order valence-corrected chi connectivity index (χ2v) is 4.64. The van der Waals surface area contributed by atoms with Crippen LogP contribution in [0.5, 0.6) is 11.5 Å². The van der Waals surface area contributed by atoms with E-state index in [1.54, 1.807) is 0 Å². The minimum atomic E-state index is -0.516. The van der Waals surface area contributed by atoms with Crippen LogP contribution in [-0.4, -0.2) is 27.3 Å². The molecule has 8 nitrogen and oxygen atoms in total. The van der Waals surface area contributed by atoms with Gasteiger partial charge in [0.15, 0.2) is 0 Å². The molecule has 2 rings (SSSR count). The summed E-state index contributed by atoms with van der Waals surface area (Å²) in [6, 6.07) is 9.59. The second kappa shape index (κ2) is 7.03. The Balaban J connectivity index is 1.92. The van der Waals surface area contributed by atoms with E-state index in [0.717, 1.165) is 6.07 Å². The van der Waals surface area contributed by atoms with E-state index >= 15 is 0 Å². The molecule has 0 aliphatic heterocycles. The molecule has 2 aromatic carbocycles. The van der Waals surface area contributed by atoms with Crippen LogP contribution in [0.3, 0.4) is 0 Å². The highest BCUT2D eigenvalue weighted by Crippen LogP contribution is 2.20. The molecule has 0 bridgehead atoms. The Morgan fingerprint density at radius 2 is 1.91 bits per heavy atom. The molecular formula is C15H13N3O5. The zero-order valence-corrected chi connectivity index (χ0v) is 11.8. The third kappa shape index (κ3) is 4.53. The van der Waals surface area contributed by atoms with E-state index < -0.39 is 10.8 Å². The van der Waals surface area contributed by atoms with Crippen LogP contribution in [0.2, 0.25) is 0 Å². The summed E-state index contributed by atoms with van der Waals surface area (Å²) in [6.07, 6.45) is 1.25. The van der Waals surface area contributed by atoms with Crippen LogP contribution < -0.4 is 5.43 Å². The number of nitro groups is 1. The van der Waals surface area contributed by atoms with Gasteiger partial charge in [0.05, 0.1) is 17.6 Å². The van der Waals surface area contributed by atoms with E-state index in [4.69, 9.17) is 5.11 Å². The van der Waals surface area contributed by atoms with Gasteiger partial charge in [-0.25, -0.2) is 5.43 Å². The zero-order valence-electron chi connectivity index (χ0n) is 11.8. The number of nitrogens with one attached hydrogen (secondary N) is 1. The van der Waals surface area contributed by atoms with Crippen LogP contribution >= 0.6 is 0 Å². The van der Waals surface area contributed by atoms with Crippen LogP contribution in [0.15, 0.2) is 47.6 Å². The molecule has 0 aliphatic rings. The number of hydrogen-bond acceptors (Lipinski definition) is 6. The van der Waals surface area contributed by atoms with Gasteiger partial charge >= 0.3 is 0 Å². The minimum Gasteiger partial charge on any atom is -0.508 e. The summed E-state index contributed by atoms with van der Waals surface area (Å²) >= 11 is 0. The fourth-order valence-electron chi connectivity index (χ4n) is 1.78. The topological polar surface area (TPSA) is 125 Å². The van der Waals surface area contributed by atoms with Gasteiger partial charge in [-0.3, -0.25) is 14.9 Å². The summed E-state index contributed by atoms with van der Waals surface area (Å²) in [5.41, 5.74) is 3.17. The lowest BCUT2D eigenvalue weighted by molar-refractivity contribution is -0.384. The highest BCUT2D eigenvalue weighted by atomic mass is 16.6. The largest absolute Gasteiger partial charge is 0.508 e. The van der Waals surface area contributed by atoms with Crippen LogP contribution in [0.25, 0.3) is 0 Å². The van der Waals surface area contributed by atoms with Crippen molar-refractivity contribution >= 4 is 17.8 Å². The first-order chi connectivity index (χ1) is 11.0. The quantitative estimate of drug-likeness (QED) is 0.440. The van der Waals surface area contributed by atoms with Gasteiger partial charge in [0.1, 0.15) is 11.5 Å². The number of amides is 1. The third-order valence-corrected chi connectivity index (χ3v) is 2.92. The first-order valence-corrected chi connectivity index (χ1v) is 6.53. The van der Waals surface area contributed by atoms with E-state index in [-0.39, 0.29) is 23.6 Å². The molecule has 0 unspecified atom stereocenters. The maximum atomic E-state index is 11.7. The lowest BCUT2D eigenvalue weighted by atomic mass is 10.1. The zero-order chi connectivity index (χ0) is 16.8. The summed E-state index contributed by atoms with van der Waals surface area (Å²) < 4.78 is 0. The predicted molar refractivity (Wildman–Crippen MR) is 82.3 cm³/mol. The summed E-state index contributed by atoms with van der Waals surface area (Å²) in [6.45, 7) is 0. The summed E-state index contributed by atoms with van der Waals surface area (Å²) in [5.74, 6) is -0.659. The summed E-state index contributed by atoms with van der Waals surface area (Å²) in [4.78, 5) is 21.7. The highest BCUT2D eigenvalue weighted by Gasteiger charge is 2.07. The van der Waals surface area contributed by atoms with Crippen LogP contribution in [0.4, 0.5) is 5.69 Å². The van der Waals surface area contributed by atoms with Gasteiger partial charge in [0, 0.05) is 23.8 Å². The monoisotopic (exact) mass is 315 g/mol. The number of carbonyl (C=O) groups excluding carboxylic acids is 1. The number of hydrogen-bond donors (Lipinski definition) is 3. The van der Waals surface area contributed by atoms with Crippen molar-refractivity contribution in [2.75, 3.05) is 0 Å². The van der Waals surface area contributed by atoms with Gasteiger partial charge in [0.2, 0.25) is 5.91 Å². The molecule has 118 valence electrons. The molecule has 23 heavy (non-hydrogen) atoms. The Morgan fingerprint density at radius 3 is 2.52 bits per heavy atom. The van der Waals surface area contributed by atoms with Gasteiger partial charge in [-0.1, -0.05) is 12.1 Å². The van der Waals surface area contributed by atoms with Gasteiger partial charge in [-0.2, -0.15) is 5.10 Å². The van der Waals surface area contributed by atoms with Gasteiger partial charge in [-0.15, -0.1) is 0 Å². The molecule has 0 fully saturated rings. The number of phenolic OH excluding ortho intramolecular Hbond substituents is 2. The average Bonchev–Trinajstić information content (AvgIpc) is 2.50. The second-order valence-electron chi connectivity index (χ2n) is 4.64. The van der Waals surface area contributed by atoms with Crippen molar-refractivity contribution in [3.8, 4) is 11.5 Å². The van der Waals surface area contributed by atoms with Crippen molar-refractivity contribution in [1.82, 2.24) is 5.43 Å². The average molecular weight is 315 g/mol. The Bertz CT molecular complexity index is 756. The van der Waals surface area contributed by atoms with E-state index in [0.29, 0.717) is 11.1 Å². The van der Waals surface area contributed by atoms with Crippen molar-refractivity contribution in [3.63, 3.8) is 0 Å². The summed E-state index contributed by atoms with van der Waals surface area (Å²) in [5, 5.41) is 32.9. The number of hydrazone groups is 1. The van der Waals surface area contributed by atoms with E-state index in [9.17, 15) is 20.0 Å². The fraction of sp³-hybridized carbons (Fsp3) is 0.0667. The Labute approximate surface area is 130 Å². The van der Waals surface area contributed by atoms with E-state index in [1.807, 2.05) is 0 Å². The number of carbonyl (C=O) groups is 1. The molecule has 0 radical (unpaired) electrons. The Kier molecular flexibility index (Phi) is 4.88. The SMILES string of the molecule is O=C(Cc1ccc([N+](=O)[O-])cc1)N/N=C\c1ccc(O)cc1O. The van der Waals surface area contributed by atoms with Crippen molar-refractivity contribution in [3.05, 3.63) is 63.7 Å². The molecule has 3 N–H and O–H groups in total. The number of non-ortho nitro benzene ring substituents is 1. The molecule has 0 aromatic heterocycles. The van der Waals surface area contributed by atoms with Crippen LogP contribution in [0.1, 0.15) is 11.1 Å². The first kappa shape index (κ1) is 16.0. The molecule has 8 heteroatoms. The maximum Gasteiger partial charge on any atom is 0.269 e. The smallest absolute Gasteiger partial charge is 0.269 e. The number of benzene rings is 2. The highest BCUT2D eigenvalue weighted by molar-refractivity contribution is 5.85. The molecule has 0 heterocycles. The molecular weight excluding hydrogens is 302 g/mol. The normalized spacial score (nSPS) is 10.6. The Hall–Kier alpha value is -3.42. The van der Waals surface area contributed by atoms with E-state index in [2.05, 4.69) is 10.5 Å². The van der Waals surface area contributed by atoms with Gasteiger partial charge in [0.25, 0.3) is 5.69 Å². The minimum absolute atomic E-state index is 0.0108.